The van der Waals surface area contributed by atoms with Crippen LogP contribution in [0.25, 0.3) is 0 Å². The van der Waals surface area contributed by atoms with E-state index in [2.05, 4.69) is 24.5 Å². The van der Waals surface area contributed by atoms with Crippen molar-refractivity contribution in [1.82, 2.24) is 5.32 Å². The van der Waals surface area contributed by atoms with Crippen molar-refractivity contribution in [2.75, 3.05) is 25.5 Å². The topological polar surface area (TPSA) is 50.4 Å². The van der Waals surface area contributed by atoms with Crippen molar-refractivity contribution in [2.24, 2.45) is 5.92 Å². The minimum absolute atomic E-state index is 0.0560. The van der Waals surface area contributed by atoms with E-state index >= 15 is 0 Å². The molecule has 0 unspecified atom stereocenters. The lowest BCUT2D eigenvalue weighted by Crippen LogP contribution is -2.25. The van der Waals surface area contributed by atoms with Gasteiger partial charge in [0.2, 0.25) is 5.91 Å². The molecule has 0 aliphatic carbocycles. The molecule has 0 spiro atoms. The lowest BCUT2D eigenvalue weighted by atomic mass is 10.1. The predicted molar refractivity (Wildman–Crippen MR) is 78.7 cm³/mol. The summed E-state index contributed by atoms with van der Waals surface area (Å²) >= 11 is 0. The fourth-order valence-corrected chi connectivity index (χ4v) is 1.60. The van der Waals surface area contributed by atoms with Crippen LogP contribution in [0.2, 0.25) is 0 Å². The highest BCUT2D eigenvalue weighted by molar-refractivity contribution is 5.92. The number of likely N-dealkylation sites (N-methyl/N-ethyl adjacent to an activating group) is 1. The molecule has 2 N–H and O–H groups in total. The van der Waals surface area contributed by atoms with Crippen LogP contribution >= 0.6 is 0 Å². The molecule has 0 aliphatic heterocycles. The Labute approximate surface area is 115 Å². The summed E-state index contributed by atoms with van der Waals surface area (Å²) in [6.07, 6.45) is 1.02. The van der Waals surface area contributed by atoms with Crippen molar-refractivity contribution >= 4 is 11.6 Å². The first-order valence-corrected chi connectivity index (χ1v) is 6.71. The third kappa shape index (κ3) is 5.75. The van der Waals surface area contributed by atoms with Gasteiger partial charge in [-0.3, -0.25) is 4.79 Å². The monoisotopic (exact) mass is 264 g/mol. The van der Waals surface area contributed by atoms with Crippen molar-refractivity contribution in [3.8, 4) is 5.75 Å². The van der Waals surface area contributed by atoms with Crippen LogP contribution in [0.1, 0.15) is 25.8 Å². The van der Waals surface area contributed by atoms with E-state index in [0.717, 1.165) is 23.4 Å². The summed E-state index contributed by atoms with van der Waals surface area (Å²) in [5.41, 5.74) is 1.85. The number of rotatable bonds is 7. The average molecular weight is 264 g/mol. The van der Waals surface area contributed by atoms with Crippen molar-refractivity contribution in [3.63, 3.8) is 0 Å². The number of carbonyl (C=O) groups is 1. The Hall–Kier alpha value is -1.55. The minimum Gasteiger partial charge on any atom is -0.493 e. The fraction of sp³-hybridized carbons (Fsp3) is 0.533. The molecule has 106 valence electrons. The number of benzene rings is 1. The summed E-state index contributed by atoms with van der Waals surface area (Å²) in [7, 11) is 1.75. The number of hydrogen-bond acceptors (Lipinski definition) is 3. The van der Waals surface area contributed by atoms with Gasteiger partial charge >= 0.3 is 0 Å². The molecule has 0 aromatic heterocycles. The summed E-state index contributed by atoms with van der Waals surface area (Å²) in [6.45, 7) is 7.35. The second-order valence-corrected chi connectivity index (χ2v) is 5.09. The Kier molecular flexibility index (Phi) is 6.36. The Morgan fingerprint density at radius 2 is 2.11 bits per heavy atom. The maximum absolute atomic E-state index is 11.5. The van der Waals surface area contributed by atoms with E-state index in [-0.39, 0.29) is 5.91 Å². The number of ether oxygens (including phenoxy) is 1. The normalized spacial score (nSPS) is 10.6. The molecule has 0 saturated heterocycles. The predicted octanol–water partition coefficient (Wildman–Crippen LogP) is 2.58. The van der Waals surface area contributed by atoms with Crippen molar-refractivity contribution in [2.45, 2.75) is 27.2 Å². The van der Waals surface area contributed by atoms with E-state index in [1.807, 2.05) is 25.1 Å². The van der Waals surface area contributed by atoms with Gasteiger partial charge in [-0.25, -0.2) is 0 Å². The number of carbonyl (C=O) groups excluding carboxylic acids is 1. The molecule has 0 saturated carbocycles. The van der Waals surface area contributed by atoms with Gasteiger partial charge in [-0.15, -0.1) is 0 Å². The van der Waals surface area contributed by atoms with E-state index in [0.29, 0.717) is 19.1 Å². The first-order valence-electron chi connectivity index (χ1n) is 6.71. The van der Waals surface area contributed by atoms with Crippen LogP contribution in [0, 0.1) is 12.8 Å². The van der Waals surface area contributed by atoms with E-state index in [1.165, 1.54) is 0 Å². The second-order valence-electron chi connectivity index (χ2n) is 5.09. The quantitative estimate of drug-likeness (QED) is 0.796. The molecule has 0 bridgehead atoms. The highest BCUT2D eigenvalue weighted by Gasteiger charge is 2.05. The molecule has 1 aromatic carbocycles. The maximum atomic E-state index is 11.5. The van der Waals surface area contributed by atoms with Crippen LogP contribution < -0.4 is 15.4 Å². The molecule has 19 heavy (non-hydrogen) atoms. The Bertz CT molecular complexity index is 417. The van der Waals surface area contributed by atoms with Crippen LogP contribution in [0.15, 0.2) is 18.2 Å². The zero-order chi connectivity index (χ0) is 14.3. The van der Waals surface area contributed by atoms with Gasteiger partial charge in [0.05, 0.1) is 13.2 Å². The van der Waals surface area contributed by atoms with E-state index < -0.39 is 0 Å². The van der Waals surface area contributed by atoms with Gasteiger partial charge in [0.15, 0.2) is 0 Å². The standard InChI is InChI=1S/C15H24N2O2/c1-11(2)7-8-19-14-9-13(6-5-12(14)3)17-15(18)10-16-4/h5-6,9,11,16H,7-8,10H2,1-4H3,(H,17,18). The highest BCUT2D eigenvalue weighted by atomic mass is 16.5. The molecule has 4 nitrogen and oxygen atoms in total. The van der Waals surface area contributed by atoms with E-state index in [4.69, 9.17) is 4.74 Å². The SMILES string of the molecule is CNCC(=O)Nc1ccc(C)c(OCCC(C)C)c1. The van der Waals surface area contributed by atoms with Gasteiger partial charge in [0.1, 0.15) is 5.75 Å². The van der Waals surface area contributed by atoms with E-state index in [9.17, 15) is 4.79 Å². The number of nitrogens with one attached hydrogen (secondary N) is 2. The Morgan fingerprint density at radius 3 is 2.74 bits per heavy atom. The molecule has 0 fully saturated rings. The van der Waals surface area contributed by atoms with Crippen molar-refractivity contribution < 1.29 is 9.53 Å². The first kappa shape index (κ1) is 15.5. The minimum atomic E-state index is -0.0560. The largest absolute Gasteiger partial charge is 0.493 e. The first-order chi connectivity index (χ1) is 9.02. The Morgan fingerprint density at radius 1 is 1.37 bits per heavy atom. The lowest BCUT2D eigenvalue weighted by molar-refractivity contribution is -0.115. The number of amides is 1. The number of aryl methyl sites for hydroxylation is 1. The van der Waals surface area contributed by atoms with Crippen LogP contribution in [0.4, 0.5) is 5.69 Å². The molecule has 0 aliphatic rings. The van der Waals surface area contributed by atoms with Crippen LogP contribution in [0.3, 0.4) is 0 Å². The van der Waals surface area contributed by atoms with Crippen LogP contribution in [0.5, 0.6) is 5.75 Å². The van der Waals surface area contributed by atoms with Crippen molar-refractivity contribution in [1.29, 1.82) is 0 Å². The summed E-state index contributed by atoms with van der Waals surface area (Å²) < 4.78 is 5.76. The van der Waals surface area contributed by atoms with Crippen molar-refractivity contribution in [3.05, 3.63) is 23.8 Å². The van der Waals surface area contributed by atoms with Gasteiger partial charge in [-0.05, 0) is 37.9 Å². The maximum Gasteiger partial charge on any atom is 0.238 e. The molecule has 0 atom stereocenters. The summed E-state index contributed by atoms with van der Waals surface area (Å²) in [4.78, 5) is 11.5. The van der Waals surface area contributed by atoms with Gasteiger partial charge in [-0.1, -0.05) is 19.9 Å². The lowest BCUT2D eigenvalue weighted by Gasteiger charge is -2.12. The Balaban J connectivity index is 2.63. The third-order valence-electron chi connectivity index (χ3n) is 2.76. The average Bonchev–Trinajstić information content (AvgIpc) is 2.33. The van der Waals surface area contributed by atoms with Gasteiger partial charge in [0, 0.05) is 11.8 Å². The highest BCUT2D eigenvalue weighted by Crippen LogP contribution is 2.23. The molecule has 1 amide bonds. The van der Waals surface area contributed by atoms with Crippen LogP contribution in [-0.4, -0.2) is 26.1 Å². The molecule has 0 heterocycles. The number of hydrogen-bond donors (Lipinski definition) is 2. The zero-order valence-electron chi connectivity index (χ0n) is 12.2. The third-order valence-corrected chi connectivity index (χ3v) is 2.76. The smallest absolute Gasteiger partial charge is 0.238 e. The molecule has 1 rings (SSSR count). The second kappa shape index (κ2) is 7.79. The fourth-order valence-electron chi connectivity index (χ4n) is 1.60. The molecule has 4 heteroatoms. The molecular formula is C15H24N2O2. The van der Waals surface area contributed by atoms with Crippen LogP contribution in [-0.2, 0) is 4.79 Å². The van der Waals surface area contributed by atoms with Gasteiger partial charge < -0.3 is 15.4 Å². The molecule has 1 aromatic rings. The summed E-state index contributed by atoms with van der Waals surface area (Å²) in [5, 5.41) is 5.65. The van der Waals surface area contributed by atoms with Gasteiger partial charge in [-0.2, -0.15) is 0 Å². The molecule has 0 radical (unpaired) electrons. The molecular weight excluding hydrogens is 240 g/mol. The zero-order valence-corrected chi connectivity index (χ0v) is 12.2. The number of anilines is 1. The summed E-state index contributed by atoms with van der Waals surface area (Å²) in [5.74, 6) is 1.40. The van der Waals surface area contributed by atoms with E-state index in [1.54, 1.807) is 7.05 Å². The van der Waals surface area contributed by atoms with Gasteiger partial charge in [0.25, 0.3) is 0 Å². The summed E-state index contributed by atoms with van der Waals surface area (Å²) in [6, 6.07) is 5.72.